The van der Waals surface area contributed by atoms with Crippen molar-refractivity contribution in [2.24, 2.45) is 0 Å². The zero-order chi connectivity index (χ0) is 12.7. The van der Waals surface area contributed by atoms with Crippen LogP contribution >= 0.6 is 0 Å². The first-order valence-electron chi connectivity index (χ1n) is 6.25. The van der Waals surface area contributed by atoms with E-state index in [1.807, 2.05) is 0 Å². The predicted molar refractivity (Wildman–Crippen MR) is 72.7 cm³/mol. The molecule has 1 aliphatic rings. The Labute approximate surface area is 111 Å². The average Bonchev–Trinajstić information content (AvgIpc) is 2.83. The van der Waals surface area contributed by atoms with Gasteiger partial charge in [-0.2, -0.15) is 0 Å². The van der Waals surface area contributed by atoms with E-state index in [1.165, 1.54) is 22.3 Å². The Morgan fingerprint density at radius 1 is 0.684 bits per heavy atom. The lowest BCUT2D eigenvalue weighted by Crippen LogP contribution is -2.04. The summed E-state index contributed by atoms with van der Waals surface area (Å²) in [6.45, 7) is 0. The molecule has 0 spiro atoms. The maximum Gasteiger partial charge on any atom is 0.143 e. The van der Waals surface area contributed by atoms with Crippen LogP contribution in [0.5, 0.6) is 0 Å². The van der Waals surface area contributed by atoms with Crippen molar-refractivity contribution in [3.63, 3.8) is 0 Å². The summed E-state index contributed by atoms with van der Waals surface area (Å²) in [7, 11) is 0. The first-order chi connectivity index (χ1) is 9.45. The highest BCUT2D eigenvalue weighted by molar-refractivity contribution is 5.79. The van der Waals surface area contributed by atoms with Gasteiger partial charge in [-0.1, -0.05) is 48.5 Å². The Balaban J connectivity index is 2.02. The molecular weight excluding hydrogens is 234 g/mol. The molecule has 4 rings (SSSR count). The lowest BCUT2D eigenvalue weighted by molar-refractivity contribution is 0.845. The summed E-state index contributed by atoms with van der Waals surface area (Å²) >= 11 is 0. The lowest BCUT2D eigenvalue weighted by atomic mass is 9.96. The van der Waals surface area contributed by atoms with E-state index in [0.717, 1.165) is 5.82 Å². The fourth-order valence-corrected chi connectivity index (χ4v) is 2.83. The van der Waals surface area contributed by atoms with Gasteiger partial charge < -0.3 is 0 Å². The van der Waals surface area contributed by atoms with Crippen LogP contribution in [0.25, 0.3) is 11.1 Å². The Kier molecular flexibility index (Phi) is 2.18. The molecule has 0 aliphatic heterocycles. The summed E-state index contributed by atoms with van der Waals surface area (Å²) in [6.07, 6.45) is 3.12. The number of benzene rings is 2. The van der Waals surface area contributed by atoms with E-state index in [2.05, 4.69) is 63.5 Å². The monoisotopic (exact) mass is 245 g/mol. The molecule has 90 valence electrons. The smallest absolute Gasteiger partial charge is 0.143 e. The van der Waals surface area contributed by atoms with Crippen molar-refractivity contribution in [1.82, 2.24) is 15.0 Å². The summed E-state index contributed by atoms with van der Waals surface area (Å²) in [6, 6.07) is 16.9. The van der Waals surface area contributed by atoms with Crippen molar-refractivity contribution in [1.29, 1.82) is 0 Å². The fraction of sp³-hybridized carbons (Fsp3) is 0.0625. The Morgan fingerprint density at radius 3 is 1.79 bits per heavy atom. The van der Waals surface area contributed by atoms with Crippen LogP contribution in [-0.2, 0) is 0 Å². The predicted octanol–water partition coefficient (Wildman–Crippen LogP) is 3.03. The topological polar surface area (TPSA) is 38.7 Å². The molecule has 2 aromatic carbocycles. The highest BCUT2D eigenvalue weighted by Crippen LogP contribution is 2.46. The molecule has 0 bridgehead atoms. The molecule has 0 amide bonds. The van der Waals surface area contributed by atoms with E-state index in [4.69, 9.17) is 0 Å². The van der Waals surface area contributed by atoms with E-state index in [-0.39, 0.29) is 5.92 Å². The number of aromatic nitrogens is 3. The van der Waals surface area contributed by atoms with Gasteiger partial charge in [0.05, 0.1) is 5.92 Å². The maximum absolute atomic E-state index is 4.34. The third-order valence-electron chi connectivity index (χ3n) is 3.61. The maximum atomic E-state index is 4.34. The normalized spacial score (nSPS) is 13.1. The molecule has 3 nitrogen and oxygen atoms in total. The molecule has 0 atom stereocenters. The first kappa shape index (κ1) is 10.4. The average molecular weight is 245 g/mol. The van der Waals surface area contributed by atoms with Crippen LogP contribution in [0.15, 0.2) is 61.2 Å². The zero-order valence-corrected chi connectivity index (χ0v) is 10.2. The van der Waals surface area contributed by atoms with Crippen LogP contribution in [0.1, 0.15) is 22.9 Å². The van der Waals surface area contributed by atoms with Gasteiger partial charge in [0.15, 0.2) is 0 Å². The molecule has 1 aliphatic carbocycles. The number of rotatable bonds is 1. The van der Waals surface area contributed by atoms with Gasteiger partial charge in [-0.05, 0) is 22.3 Å². The van der Waals surface area contributed by atoms with Gasteiger partial charge >= 0.3 is 0 Å². The van der Waals surface area contributed by atoms with E-state index in [0.29, 0.717) is 0 Å². The Hall–Kier alpha value is -2.55. The van der Waals surface area contributed by atoms with Gasteiger partial charge in [0.2, 0.25) is 0 Å². The number of nitrogens with zero attached hydrogens (tertiary/aromatic N) is 3. The highest BCUT2D eigenvalue weighted by atomic mass is 15.0. The molecule has 0 fully saturated rings. The summed E-state index contributed by atoms with van der Waals surface area (Å²) in [4.78, 5) is 12.6. The molecule has 0 N–H and O–H groups in total. The summed E-state index contributed by atoms with van der Waals surface area (Å²) in [5.41, 5.74) is 5.11. The molecule has 0 radical (unpaired) electrons. The fourth-order valence-electron chi connectivity index (χ4n) is 2.83. The van der Waals surface area contributed by atoms with Crippen LogP contribution in [0, 0.1) is 0 Å². The molecule has 0 saturated carbocycles. The van der Waals surface area contributed by atoms with Crippen molar-refractivity contribution in [2.75, 3.05) is 0 Å². The second-order valence-electron chi connectivity index (χ2n) is 4.60. The number of hydrogen-bond donors (Lipinski definition) is 0. The number of hydrogen-bond acceptors (Lipinski definition) is 3. The SMILES string of the molecule is c1ccc2c(c1)-c1ccccc1C2c1ncncn1. The first-order valence-corrected chi connectivity index (χ1v) is 6.25. The lowest BCUT2D eigenvalue weighted by Gasteiger charge is -2.10. The van der Waals surface area contributed by atoms with Gasteiger partial charge in [-0.15, -0.1) is 0 Å². The summed E-state index contributed by atoms with van der Waals surface area (Å²) < 4.78 is 0. The molecule has 1 heterocycles. The molecule has 0 saturated heterocycles. The van der Waals surface area contributed by atoms with Gasteiger partial charge in [-0.25, -0.2) is 15.0 Å². The highest BCUT2D eigenvalue weighted by Gasteiger charge is 2.30. The summed E-state index contributed by atoms with van der Waals surface area (Å²) in [5.74, 6) is 0.933. The third-order valence-corrected chi connectivity index (χ3v) is 3.61. The minimum Gasteiger partial charge on any atom is -0.225 e. The van der Waals surface area contributed by atoms with Crippen LogP contribution in [-0.4, -0.2) is 15.0 Å². The quantitative estimate of drug-likeness (QED) is 0.517. The van der Waals surface area contributed by atoms with Crippen molar-refractivity contribution in [3.05, 3.63) is 78.1 Å². The minimum absolute atomic E-state index is 0.121. The van der Waals surface area contributed by atoms with Crippen molar-refractivity contribution < 1.29 is 0 Å². The van der Waals surface area contributed by atoms with Crippen molar-refractivity contribution in [3.8, 4) is 11.1 Å². The zero-order valence-electron chi connectivity index (χ0n) is 10.2. The minimum atomic E-state index is 0.121. The van der Waals surface area contributed by atoms with Gasteiger partial charge in [0.25, 0.3) is 0 Å². The molecule has 0 unspecified atom stereocenters. The van der Waals surface area contributed by atoms with E-state index in [9.17, 15) is 0 Å². The third kappa shape index (κ3) is 1.48. The van der Waals surface area contributed by atoms with Gasteiger partial charge in [-0.3, -0.25) is 0 Å². The van der Waals surface area contributed by atoms with Crippen LogP contribution in [0.4, 0.5) is 0 Å². The van der Waals surface area contributed by atoms with Gasteiger partial charge in [0.1, 0.15) is 18.5 Å². The molecule has 19 heavy (non-hydrogen) atoms. The Morgan fingerprint density at radius 2 is 1.21 bits per heavy atom. The van der Waals surface area contributed by atoms with Crippen LogP contribution in [0.2, 0.25) is 0 Å². The van der Waals surface area contributed by atoms with E-state index in [1.54, 1.807) is 12.7 Å². The summed E-state index contributed by atoms with van der Waals surface area (Å²) in [5, 5.41) is 0. The number of fused-ring (bicyclic) bond motifs is 3. The second-order valence-corrected chi connectivity index (χ2v) is 4.60. The molecule has 3 heteroatoms. The standard InChI is InChI=1S/C16H11N3/c1-3-7-13-11(5-1)12-6-2-4-8-14(12)15(13)16-18-9-17-10-19-16/h1-10,15H. The van der Waals surface area contributed by atoms with Crippen LogP contribution < -0.4 is 0 Å². The van der Waals surface area contributed by atoms with E-state index >= 15 is 0 Å². The molecular formula is C16H11N3. The van der Waals surface area contributed by atoms with Crippen molar-refractivity contribution in [2.45, 2.75) is 5.92 Å². The van der Waals surface area contributed by atoms with E-state index < -0.39 is 0 Å². The largest absolute Gasteiger partial charge is 0.225 e. The molecule has 1 aromatic heterocycles. The second kappa shape index (κ2) is 3.99. The van der Waals surface area contributed by atoms with Gasteiger partial charge in [0, 0.05) is 0 Å². The van der Waals surface area contributed by atoms with Crippen LogP contribution in [0.3, 0.4) is 0 Å². The Bertz CT molecular complexity index is 692. The molecule has 3 aromatic rings. The van der Waals surface area contributed by atoms with Crippen molar-refractivity contribution >= 4 is 0 Å².